The fraction of sp³-hybridized carbons (Fsp3) is 0.136. The summed E-state index contributed by atoms with van der Waals surface area (Å²) in [6, 6.07) is 15.2. The van der Waals surface area contributed by atoms with Crippen LogP contribution in [0, 0.1) is 0 Å². The summed E-state index contributed by atoms with van der Waals surface area (Å²) in [7, 11) is 0. The van der Waals surface area contributed by atoms with E-state index in [-0.39, 0.29) is 18.6 Å². The van der Waals surface area contributed by atoms with Crippen LogP contribution >= 0.6 is 0 Å². The van der Waals surface area contributed by atoms with Crippen LogP contribution in [-0.4, -0.2) is 21.1 Å². The molecule has 5 rings (SSSR count). The van der Waals surface area contributed by atoms with Crippen molar-refractivity contribution in [1.29, 1.82) is 0 Å². The van der Waals surface area contributed by atoms with Gasteiger partial charge in [0.2, 0.25) is 0 Å². The lowest BCUT2D eigenvalue weighted by molar-refractivity contribution is -0.141. The van der Waals surface area contributed by atoms with Crippen molar-refractivity contribution in [3.63, 3.8) is 0 Å². The van der Waals surface area contributed by atoms with Crippen LogP contribution in [0.5, 0.6) is 0 Å². The Balaban J connectivity index is 1.26. The first kappa shape index (κ1) is 19.9. The molecular formula is C22H17F3N6O. The van der Waals surface area contributed by atoms with Crippen LogP contribution in [0.25, 0.3) is 10.9 Å². The molecule has 10 heteroatoms. The SMILES string of the molecule is O=C(NCc1ccc(C(F)(F)F)nc1)c1ccc2c(c1)NC(c1[nH]nc3ccccc13)N2. The highest BCUT2D eigenvalue weighted by molar-refractivity contribution is 5.97. The minimum atomic E-state index is -4.49. The zero-order valence-corrected chi connectivity index (χ0v) is 16.5. The minimum Gasteiger partial charge on any atom is -0.359 e. The summed E-state index contributed by atoms with van der Waals surface area (Å²) < 4.78 is 37.8. The maximum absolute atomic E-state index is 12.6. The highest BCUT2D eigenvalue weighted by Gasteiger charge is 2.32. The average Bonchev–Trinajstić information content (AvgIpc) is 3.40. The smallest absolute Gasteiger partial charge is 0.359 e. The lowest BCUT2D eigenvalue weighted by atomic mass is 10.1. The first-order chi connectivity index (χ1) is 15.4. The maximum atomic E-state index is 12.6. The molecule has 1 aliphatic heterocycles. The standard InChI is InChI=1S/C22H17F3N6O/c23-22(24,25)18-8-5-12(10-26-18)11-27-21(32)13-6-7-16-17(9-13)29-20(28-16)19-14-3-1-2-4-15(14)30-31-19/h1-10,20,28-29H,11H2,(H,27,32)(H,30,31). The van der Waals surface area contributed by atoms with Crippen molar-refractivity contribution >= 4 is 28.2 Å². The molecule has 0 spiro atoms. The molecule has 0 radical (unpaired) electrons. The number of carbonyl (C=O) groups is 1. The molecule has 0 fully saturated rings. The van der Waals surface area contributed by atoms with Gasteiger partial charge in [-0.15, -0.1) is 0 Å². The zero-order chi connectivity index (χ0) is 22.3. The Morgan fingerprint density at radius 2 is 1.84 bits per heavy atom. The van der Waals surface area contributed by atoms with Gasteiger partial charge in [0.1, 0.15) is 11.9 Å². The molecule has 1 atom stereocenters. The molecule has 2 aromatic heterocycles. The van der Waals surface area contributed by atoms with Gasteiger partial charge in [0.05, 0.1) is 22.6 Å². The second-order valence-electron chi connectivity index (χ2n) is 7.37. The van der Waals surface area contributed by atoms with E-state index in [1.807, 2.05) is 24.3 Å². The van der Waals surface area contributed by atoms with E-state index in [2.05, 4.69) is 31.1 Å². The topological polar surface area (TPSA) is 94.7 Å². The highest BCUT2D eigenvalue weighted by Crippen LogP contribution is 2.37. The minimum absolute atomic E-state index is 0.0650. The fourth-order valence-corrected chi connectivity index (χ4v) is 3.60. The molecule has 0 saturated heterocycles. The molecule has 7 nitrogen and oxygen atoms in total. The number of para-hydroxylation sites is 1. The van der Waals surface area contributed by atoms with Crippen LogP contribution in [0.15, 0.2) is 60.8 Å². The third-order valence-electron chi connectivity index (χ3n) is 5.23. The van der Waals surface area contributed by atoms with E-state index in [4.69, 9.17) is 0 Å². The lowest BCUT2D eigenvalue weighted by Crippen LogP contribution is -2.23. The Labute approximate surface area is 180 Å². The second kappa shape index (κ2) is 7.56. The summed E-state index contributed by atoms with van der Waals surface area (Å²) in [6.07, 6.45) is -3.61. The van der Waals surface area contributed by atoms with Gasteiger partial charge in [-0.1, -0.05) is 24.3 Å². The first-order valence-corrected chi connectivity index (χ1v) is 9.79. The van der Waals surface area contributed by atoms with Gasteiger partial charge in [-0.05, 0) is 35.9 Å². The van der Waals surface area contributed by atoms with Crippen molar-refractivity contribution < 1.29 is 18.0 Å². The number of hydrogen-bond donors (Lipinski definition) is 4. The van der Waals surface area contributed by atoms with Crippen LogP contribution in [0.3, 0.4) is 0 Å². The first-order valence-electron chi connectivity index (χ1n) is 9.79. The number of halogens is 3. The number of nitrogens with zero attached hydrogens (tertiary/aromatic N) is 2. The predicted octanol–water partition coefficient (Wildman–Crippen LogP) is 4.44. The largest absolute Gasteiger partial charge is 0.433 e. The van der Waals surface area contributed by atoms with E-state index in [1.165, 1.54) is 6.07 Å². The molecule has 1 aliphatic rings. The molecule has 3 heterocycles. The van der Waals surface area contributed by atoms with Gasteiger partial charge >= 0.3 is 6.18 Å². The van der Waals surface area contributed by atoms with Crippen molar-refractivity contribution in [3.05, 3.63) is 83.3 Å². The fourth-order valence-electron chi connectivity index (χ4n) is 3.60. The summed E-state index contributed by atoms with van der Waals surface area (Å²) >= 11 is 0. The molecule has 0 bridgehead atoms. The number of H-pyrrole nitrogens is 1. The summed E-state index contributed by atoms with van der Waals surface area (Å²) in [5, 5.41) is 17.7. The van der Waals surface area contributed by atoms with Crippen molar-refractivity contribution in [2.75, 3.05) is 10.6 Å². The van der Waals surface area contributed by atoms with E-state index in [1.54, 1.807) is 18.2 Å². The second-order valence-corrected chi connectivity index (χ2v) is 7.37. The third kappa shape index (κ3) is 3.70. The molecular weight excluding hydrogens is 421 g/mol. The number of anilines is 2. The molecule has 4 aromatic rings. The predicted molar refractivity (Wildman–Crippen MR) is 113 cm³/mol. The van der Waals surface area contributed by atoms with Crippen molar-refractivity contribution in [2.45, 2.75) is 18.9 Å². The number of benzene rings is 2. The molecule has 4 N–H and O–H groups in total. The molecule has 0 aliphatic carbocycles. The number of amides is 1. The number of alkyl halides is 3. The number of fused-ring (bicyclic) bond motifs is 2. The van der Waals surface area contributed by atoms with E-state index >= 15 is 0 Å². The maximum Gasteiger partial charge on any atom is 0.433 e. The van der Waals surface area contributed by atoms with E-state index in [0.29, 0.717) is 11.1 Å². The van der Waals surface area contributed by atoms with Gasteiger partial charge in [-0.25, -0.2) is 0 Å². The van der Waals surface area contributed by atoms with Crippen LogP contribution in [0.4, 0.5) is 24.5 Å². The Hall–Kier alpha value is -4.08. The zero-order valence-electron chi connectivity index (χ0n) is 16.5. The summed E-state index contributed by atoms with van der Waals surface area (Å²) in [4.78, 5) is 16.0. The Morgan fingerprint density at radius 1 is 1.03 bits per heavy atom. The number of nitrogens with one attached hydrogen (secondary N) is 4. The van der Waals surface area contributed by atoms with Crippen LogP contribution in [0.1, 0.15) is 33.5 Å². The summed E-state index contributed by atoms with van der Waals surface area (Å²) in [5.74, 6) is -0.343. The van der Waals surface area contributed by atoms with Crippen molar-refractivity contribution in [3.8, 4) is 0 Å². The van der Waals surface area contributed by atoms with Gasteiger partial charge in [0, 0.05) is 23.7 Å². The highest BCUT2D eigenvalue weighted by atomic mass is 19.4. The van der Waals surface area contributed by atoms with E-state index < -0.39 is 11.9 Å². The van der Waals surface area contributed by atoms with Gasteiger partial charge in [0.25, 0.3) is 5.91 Å². The summed E-state index contributed by atoms with van der Waals surface area (Å²) in [6.45, 7) is 0.0650. The molecule has 0 saturated carbocycles. The Morgan fingerprint density at radius 3 is 2.62 bits per heavy atom. The van der Waals surface area contributed by atoms with Crippen LogP contribution < -0.4 is 16.0 Å². The average molecular weight is 438 g/mol. The monoisotopic (exact) mass is 438 g/mol. The summed E-state index contributed by atoms with van der Waals surface area (Å²) in [5.41, 5.74) is 3.28. The number of aromatic nitrogens is 3. The Kier molecular flexibility index (Phi) is 4.69. The van der Waals surface area contributed by atoms with Gasteiger partial charge in [-0.3, -0.25) is 14.9 Å². The molecule has 1 unspecified atom stereocenters. The normalized spacial score (nSPS) is 15.2. The molecule has 162 valence electrons. The Bertz CT molecular complexity index is 1300. The number of aromatic amines is 1. The van der Waals surface area contributed by atoms with Gasteiger partial charge < -0.3 is 16.0 Å². The van der Waals surface area contributed by atoms with E-state index in [9.17, 15) is 18.0 Å². The van der Waals surface area contributed by atoms with Crippen LogP contribution in [-0.2, 0) is 12.7 Å². The van der Waals surface area contributed by atoms with Crippen molar-refractivity contribution in [1.82, 2.24) is 20.5 Å². The van der Waals surface area contributed by atoms with Crippen molar-refractivity contribution in [2.24, 2.45) is 0 Å². The van der Waals surface area contributed by atoms with Gasteiger partial charge in [-0.2, -0.15) is 18.3 Å². The van der Waals surface area contributed by atoms with E-state index in [0.717, 1.165) is 40.2 Å². The van der Waals surface area contributed by atoms with Crippen LogP contribution in [0.2, 0.25) is 0 Å². The quantitative estimate of drug-likeness (QED) is 0.378. The molecule has 1 amide bonds. The number of hydrogen-bond acceptors (Lipinski definition) is 5. The molecule has 32 heavy (non-hydrogen) atoms. The molecule has 2 aromatic carbocycles. The number of rotatable bonds is 4. The number of pyridine rings is 1. The lowest BCUT2D eigenvalue weighted by Gasteiger charge is -2.10. The van der Waals surface area contributed by atoms with Gasteiger partial charge in [0.15, 0.2) is 0 Å². The number of carbonyl (C=O) groups excluding carboxylic acids is 1. The third-order valence-corrected chi connectivity index (χ3v) is 5.23.